The van der Waals surface area contributed by atoms with Crippen molar-refractivity contribution in [2.24, 2.45) is 5.10 Å². The van der Waals surface area contributed by atoms with Gasteiger partial charge in [-0.25, -0.2) is 0 Å². The highest BCUT2D eigenvalue weighted by atomic mass is 16.5. The lowest BCUT2D eigenvalue weighted by atomic mass is 10.0. The number of methoxy groups -OCH3 is 3. The first-order valence-corrected chi connectivity index (χ1v) is 8.68. The lowest BCUT2D eigenvalue weighted by Gasteiger charge is -2.15. The molecule has 0 aliphatic rings. The number of hydrogen-bond acceptors (Lipinski definition) is 5. The number of ether oxygens (including phenoxy) is 3. The SMILES string of the molecule is COc1cc(/C=N/N(C)Cc2cccc3ccccc23)cc(OC)c1OC. The van der Waals surface area contributed by atoms with Crippen molar-refractivity contribution in [3.8, 4) is 17.2 Å². The maximum Gasteiger partial charge on any atom is 0.203 e. The molecule has 0 fully saturated rings. The van der Waals surface area contributed by atoms with E-state index >= 15 is 0 Å². The molecule has 0 bridgehead atoms. The van der Waals surface area contributed by atoms with Crippen LogP contribution in [0.2, 0.25) is 0 Å². The summed E-state index contributed by atoms with van der Waals surface area (Å²) in [7, 11) is 6.75. The fourth-order valence-corrected chi connectivity index (χ4v) is 3.06. The van der Waals surface area contributed by atoms with Gasteiger partial charge in [0.05, 0.1) is 34.1 Å². The maximum atomic E-state index is 5.39. The summed E-state index contributed by atoms with van der Waals surface area (Å²) in [6.07, 6.45) is 1.79. The van der Waals surface area contributed by atoms with E-state index in [9.17, 15) is 0 Å². The molecule has 0 aliphatic carbocycles. The zero-order valence-electron chi connectivity index (χ0n) is 16.1. The van der Waals surface area contributed by atoms with Gasteiger partial charge in [-0.05, 0) is 28.5 Å². The average molecular weight is 364 g/mol. The van der Waals surface area contributed by atoms with E-state index in [0.717, 1.165) is 5.56 Å². The Hall–Kier alpha value is -3.21. The van der Waals surface area contributed by atoms with Crippen LogP contribution in [0.1, 0.15) is 11.1 Å². The highest BCUT2D eigenvalue weighted by Gasteiger charge is 2.12. The first-order chi connectivity index (χ1) is 13.2. The smallest absolute Gasteiger partial charge is 0.203 e. The molecule has 140 valence electrons. The van der Waals surface area contributed by atoms with Crippen LogP contribution in [0.15, 0.2) is 59.7 Å². The maximum absolute atomic E-state index is 5.39. The van der Waals surface area contributed by atoms with Gasteiger partial charge in [-0.2, -0.15) is 5.10 Å². The van der Waals surface area contributed by atoms with E-state index in [1.165, 1.54) is 16.3 Å². The molecule has 0 heterocycles. The second-order valence-corrected chi connectivity index (χ2v) is 6.16. The molecule has 0 aromatic heterocycles. The average Bonchev–Trinajstić information content (AvgIpc) is 2.71. The van der Waals surface area contributed by atoms with Gasteiger partial charge in [0.15, 0.2) is 11.5 Å². The minimum Gasteiger partial charge on any atom is -0.493 e. The number of hydrazone groups is 1. The summed E-state index contributed by atoms with van der Waals surface area (Å²) in [6, 6.07) is 18.5. The van der Waals surface area contributed by atoms with Crippen molar-refractivity contribution in [3.63, 3.8) is 0 Å². The molecule has 0 atom stereocenters. The number of rotatable bonds is 7. The van der Waals surface area contributed by atoms with E-state index in [1.807, 2.05) is 24.2 Å². The Balaban J connectivity index is 1.81. The topological polar surface area (TPSA) is 43.3 Å². The molecule has 5 heteroatoms. The van der Waals surface area contributed by atoms with Crippen LogP contribution in [0.3, 0.4) is 0 Å². The molecule has 3 aromatic carbocycles. The molecule has 0 saturated heterocycles. The molecule has 27 heavy (non-hydrogen) atoms. The minimum atomic E-state index is 0.571. The molecule has 0 saturated carbocycles. The Morgan fingerprint density at radius 3 is 2.22 bits per heavy atom. The third-order valence-corrected chi connectivity index (χ3v) is 4.37. The first-order valence-electron chi connectivity index (χ1n) is 8.68. The van der Waals surface area contributed by atoms with Crippen molar-refractivity contribution >= 4 is 17.0 Å². The van der Waals surface area contributed by atoms with Gasteiger partial charge in [-0.3, -0.25) is 5.01 Å². The molecule has 0 N–H and O–H groups in total. The Morgan fingerprint density at radius 1 is 0.889 bits per heavy atom. The predicted octanol–water partition coefficient (Wildman–Crippen LogP) is 4.33. The van der Waals surface area contributed by atoms with Gasteiger partial charge in [0, 0.05) is 12.6 Å². The van der Waals surface area contributed by atoms with Crippen molar-refractivity contribution in [2.75, 3.05) is 28.4 Å². The number of hydrogen-bond donors (Lipinski definition) is 0. The lowest BCUT2D eigenvalue weighted by Crippen LogP contribution is -2.11. The molecule has 0 aliphatic heterocycles. The fraction of sp³-hybridized carbons (Fsp3) is 0.227. The third kappa shape index (κ3) is 4.14. The Kier molecular flexibility index (Phi) is 5.81. The van der Waals surface area contributed by atoms with Crippen LogP contribution in [0.25, 0.3) is 10.8 Å². The van der Waals surface area contributed by atoms with Crippen molar-refractivity contribution < 1.29 is 14.2 Å². The van der Waals surface area contributed by atoms with Gasteiger partial charge in [-0.1, -0.05) is 42.5 Å². The van der Waals surface area contributed by atoms with E-state index in [2.05, 4.69) is 47.6 Å². The summed E-state index contributed by atoms with van der Waals surface area (Å²) >= 11 is 0. The Morgan fingerprint density at radius 2 is 1.56 bits per heavy atom. The standard InChI is InChI=1S/C22H24N2O3/c1-24(15-18-10-7-9-17-8-5-6-11-19(17)18)23-14-16-12-20(25-2)22(27-4)21(13-16)26-3/h5-14H,15H2,1-4H3/b23-14+. The van der Waals surface area contributed by atoms with Crippen molar-refractivity contribution in [3.05, 3.63) is 65.7 Å². The Bertz CT molecular complexity index is 923. The summed E-state index contributed by atoms with van der Waals surface area (Å²) in [5, 5.41) is 8.95. The van der Waals surface area contributed by atoms with Crippen LogP contribution in [0.5, 0.6) is 17.2 Å². The number of benzene rings is 3. The van der Waals surface area contributed by atoms with E-state index in [4.69, 9.17) is 14.2 Å². The highest BCUT2D eigenvalue weighted by molar-refractivity contribution is 5.85. The van der Waals surface area contributed by atoms with Crippen LogP contribution in [0, 0.1) is 0 Å². The molecular formula is C22H24N2O3. The van der Waals surface area contributed by atoms with Crippen LogP contribution >= 0.6 is 0 Å². The van der Waals surface area contributed by atoms with E-state index in [-0.39, 0.29) is 0 Å². The van der Waals surface area contributed by atoms with Crippen LogP contribution in [0.4, 0.5) is 0 Å². The number of fused-ring (bicyclic) bond motifs is 1. The van der Waals surface area contributed by atoms with E-state index in [1.54, 1.807) is 27.5 Å². The van der Waals surface area contributed by atoms with E-state index < -0.39 is 0 Å². The molecular weight excluding hydrogens is 340 g/mol. The minimum absolute atomic E-state index is 0.571. The quantitative estimate of drug-likeness (QED) is 0.462. The summed E-state index contributed by atoms with van der Waals surface area (Å²) in [6.45, 7) is 0.711. The van der Waals surface area contributed by atoms with Gasteiger partial charge >= 0.3 is 0 Å². The molecule has 0 amide bonds. The fourth-order valence-electron chi connectivity index (χ4n) is 3.06. The zero-order valence-corrected chi connectivity index (χ0v) is 16.1. The largest absolute Gasteiger partial charge is 0.493 e. The van der Waals surface area contributed by atoms with Crippen molar-refractivity contribution in [2.45, 2.75) is 6.54 Å². The molecule has 3 aromatic rings. The van der Waals surface area contributed by atoms with Gasteiger partial charge in [0.2, 0.25) is 5.75 Å². The Labute approximate surface area is 159 Å². The van der Waals surface area contributed by atoms with Crippen LogP contribution < -0.4 is 14.2 Å². The summed E-state index contributed by atoms with van der Waals surface area (Å²) in [4.78, 5) is 0. The molecule has 0 spiro atoms. The second kappa shape index (κ2) is 8.45. The predicted molar refractivity (Wildman–Crippen MR) is 109 cm³/mol. The molecule has 0 radical (unpaired) electrons. The zero-order chi connectivity index (χ0) is 19.2. The van der Waals surface area contributed by atoms with E-state index in [0.29, 0.717) is 23.8 Å². The molecule has 5 nitrogen and oxygen atoms in total. The van der Waals surface area contributed by atoms with Crippen molar-refractivity contribution in [1.29, 1.82) is 0 Å². The van der Waals surface area contributed by atoms with Crippen LogP contribution in [-0.4, -0.2) is 39.6 Å². The van der Waals surface area contributed by atoms with Crippen molar-refractivity contribution in [1.82, 2.24) is 5.01 Å². The third-order valence-electron chi connectivity index (χ3n) is 4.37. The molecule has 3 rings (SSSR count). The summed E-state index contributed by atoms with van der Waals surface area (Å²) < 4.78 is 16.1. The van der Waals surface area contributed by atoms with Crippen LogP contribution in [-0.2, 0) is 6.54 Å². The molecule has 0 unspecified atom stereocenters. The summed E-state index contributed by atoms with van der Waals surface area (Å²) in [5.41, 5.74) is 2.10. The highest BCUT2D eigenvalue weighted by Crippen LogP contribution is 2.37. The normalized spacial score (nSPS) is 11.0. The lowest BCUT2D eigenvalue weighted by molar-refractivity contribution is 0.324. The second-order valence-electron chi connectivity index (χ2n) is 6.16. The van der Waals surface area contributed by atoms with Gasteiger partial charge < -0.3 is 14.2 Å². The van der Waals surface area contributed by atoms with Gasteiger partial charge in [-0.15, -0.1) is 0 Å². The monoisotopic (exact) mass is 364 g/mol. The van der Waals surface area contributed by atoms with Gasteiger partial charge in [0.25, 0.3) is 0 Å². The summed E-state index contributed by atoms with van der Waals surface area (Å²) in [5.74, 6) is 1.78. The first kappa shape index (κ1) is 18.6. The number of nitrogens with zero attached hydrogens (tertiary/aromatic N) is 2. The van der Waals surface area contributed by atoms with Gasteiger partial charge in [0.1, 0.15) is 0 Å².